The van der Waals surface area contributed by atoms with Crippen LogP contribution in [0.2, 0.25) is 0 Å². The predicted molar refractivity (Wildman–Crippen MR) is 99.3 cm³/mol. The largest absolute Gasteiger partial charge is 0.453 e. The van der Waals surface area contributed by atoms with Gasteiger partial charge in [0.25, 0.3) is 6.57 Å². The molecule has 10 heteroatoms. The molecule has 1 fully saturated rings. The summed E-state index contributed by atoms with van der Waals surface area (Å²) in [5.41, 5.74) is 4.22. The van der Waals surface area contributed by atoms with Crippen molar-refractivity contribution in [3.63, 3.8) is 0 Å². The molecule has 0 aromatic carbocycles. The van der Waals surface area contributed by atoms with E-state index in [-0.39, 0.29) is 5.82 Å². The first-order valence-corrected chi connectivity index (χ1v) is 8.88. The minimum absolute atomic E-state index is 0.250. The summed E-state index contributed by atoms with van der Waals surface area (Å²) in [7, 11) is 0. The number of ether oxygens (including phenoxy) is 2. The van der Waals surface area contributed by atoms with Gasteiger partial charge in [-0.2, -0.15) is 5.10 Å². The first kappa shape index (κ1) is 20.0. The topological polar surface area (TPSA) is 137 Å². The number of esters is 1. The third-order valence-electron chi connectivity index (χ3n) is 5.29. The molecule has 1 saturated heterocycles. The standard InChI is InChI=1S/C18H24N5O5/c1-5-17(2,3)16(26)27-8-18(20-4)14(25)12(24)13(28-18)10-6-7-11-15(19)21-9-22-23(10)11/h4,6-7,9,12-14,24-25H,5,8H2,1-3H3,(H2,19,21,22)/q+1/t12-,13-,14-,18+/m0/s1. The molecule has 2 aromatic rings. The highest BCUT2D eigenvalue weighted by molar-refractivity contribution is 5.75. The Hall–Kier alpha value is -2.74. The molecule has 4 N–H and O–H groups in total. The van der Waals surface area contributed by atoms with E-state index in [1.54, 1.807) is 26.0 Å². The summed E-state index contributed by atoms with van der Waals surface area (Å²) < 4.78 is 12.6. The van der Waals surface area contributed by atoms with Crippen LogP contribution in [-0.4, -0.2) is 55.3 Å². The highest BCUT2D eigenvalue weighted by atomic mass is 16.6. The fraction of sp³-hybridized carbons (Fsp3) is 0.556. The van der Waals surface area contributed by atoms with Gasteiger partial charge in [0.15, 0.2) is 11.9 Å². The smallest absolute Gasteiger partial charge is 0.447 e. The number of anilines is 1. The van der Waals surface area contributed by atoms with E-state index in [4.69, 9.17) is 21.8 Å². The Morgan fingerprint density at radius 2 is 2.21 bits per heavy atom. The molecule has 1 aliphatic rings. The number of nitrogens with zero attached hydrogens (tertiary/aromatic N) is 4. The van der Waals surface area contributed by atoms with E-state index >= 15 is 0 Å². The number of carbonyl (C=O) groups excluding carboxylic acids is 1. The van der Waals surface area contributed by atoms with Gasteiger partial charge in [0.2, 0.25) is 6.61 Å². The van der Waals surface area contributed by atoms with Crippen molar-refractivity contribution in [3.05, 3.63) is 29.0 Å². The molecule has 1 aliphatic heterocycles. The Morgan fingerprint density at radius 1 is 1.50 bits per heavy atom. The van der Waals surface area contributed by atoms with Gasteiger partial charge < -0.3 is 20.7 Å². The monoisotopic (exact) mass is 390 g/mol. The number of aliphatic hydroxyl groups is 2. The summed E-state index contributed by atoms with van der Waals surface area (Å²) in [6.07, 6.45) is -2.12. The minimum Gasteiger partial charge on any atom is -0.453 e. The van der Waals surface area contributed by atoms with Crippen molar-refractivity contribution in [2.75, 3.05) is 12.3 Å². The van der Waals surface area contributed by atoms with Crippen LogP contribution in [0.5, 0.6) is 0 Å². The highest BCUT2D eigenvalue weighted by Gasteiger charge is 2.65. The van der Waals surface area contributed by atoms with Crippen LogP contribution in [0.4, 0.5) is 5.82 Å². The van der Waals surface area contributed by atoms with Crippen LogP contribution >= 0.6 is 0 Å². The number of rotatable bonds is 5. The maximum Gasteiger partial charge on any atom is 0.447 e. The number of fused-ring (bicyclic) bond motifs is 1. The average molecular weight is 390 g/mol. The summed E-state index contributed by atoms with van der Waals surface area (Å²) in [4.78, 5) is 19.8. The Bertz CT molecular complexity index is 936. The number of carbonyl (C=O) groups is 1. The lowest BCUT2D eigenvalue weighted by molar-refractivity contribution is -0.165. The van der Waals surface area contributed by atoms with E-state index in [2.05, 4.69) is 14.9 Å². The van der Waals surface area contributed by atoms with Crippen molar-refractivity contribution < 1.29 is 24.5 Å². The fourth-order valence-corrected chi connectivity index (χ4v) is 2.99. The normalized spacial score (nSPS) is 27.6. The molecule has 0 aliphatic carbocycles. The second-order valence-electron chi connectivity index (χ2n) is 7.46. The first-order chi connectivity index (χ1) is 13.2. The average Bonchev–Trinajstić information content (AvgIpc) is 3.21. The molecule has 28 heavy (non-hydrogen) atoms. The number of aliphatic hydroxyl groups excluding tert-OH is 2. The molecule has 10 nitrogen and oxygen atoms in total. The van der Waals surface area contributed by atoms with Crippen molar-refractivity contribution in [2.45, 2.75) is 51.2 Å². The lowest BCUT2D eigenvalue weighted by atomic mass is 9.90. The van der Waals surface area contributed by atoms with Gasteiger partial charge in [-0.25, -0.2) is 9.50 Å². The molecule has 0 amide bonds. The molecule has 0 spiro atoms. The Morgan fingerprint density at radius 3 is 2.86 bits per heavy atom. The zero-order valence-electron chi connectivity index (χ0n) is 15.9. The van der Waals surface area contributed by atoms with Crippen LogP contribution < -0.4 is 5.73 Å². The predicted octanol–water partition coefficient (Wildman–Crippen LogP) is 0.743. The van der Waals surface area contributed by atoms with Crippen LogP contribution in [0.1, 0.15) is 39.0 Å². The molecule has 3 rings (SSSR count). The lowest BCUT2D eigenvalue weighted by Gasteiger charge is -2.22. The summed E-state index contributed by atoms with van der Waals surface area (Å²) in [6.45, 7) is 10.4. The maximum atomic E-state index is 12.3. The Labute approximate surface area is 161 Å². The minimum atomic E-state index is -1.81. The molecule has 3 heterocycles. The van der Waals surface area contributed by atoms with E-state index in [1.807, 2.05) is 6.92 Å². The third kappa shape index (κ3) is 3.07. The second kappa shape index (κ2) is 7.01. The van der Waals surface area contributed by atoms with E-state index in [9.17, 15) is 15.0 Å². The van der Waals surface area contributed by atoms with Gasteiger partial charge in [-0.15, -0.1) is 0 Å². The molecule has 0 saturated carbocycles. The SMILES string of the molecule is C#[N+][C@]1(COC(=O)C(C)(C)CC)O[C@@H](c2ccc3c(N)ncnn23)[C@H](O)[C@@H]1O. The second-order valence-corrected chi connectivity index (χ2v) is 7.46. The lowest BCUT2D eigenvalue weighted by Crippen LogP contribution is -2.45. The van der Waals surface area contributed by atoms with Gasteiger partial charge in [0.05, 0.1) is 11.1 Å². The number of nitrogens with two attached hydrogens (primary N) is 1. The molecular formula is C18H24N5O5+. The molecule has 0 radical (unpaired) electrons. The number of aromatic nitrogens is 3. The van der Waals surface area contributed by atoms with Crippen LogP contribution in [0.3, 0.4) is 0 Å². The van der Waals surface area contributed by atoms with Gasteiger partial charge in [-0.3, -0.25) is 9.53 Å². The van der Waals surface area contributed by atoms with Gasteiger partial charge >= 0.3 is 11.7 Å². The third-order valence-corrected chi connectivity index (χ3v) is 5.29. The van der Waals surface area contributed by atoms with Gasteiger partial charge in [0, 0.05) is 0 Å². The highest BCUT2D eigenvalue weighted by Crippen LogP contribution is 2.42. The van der Waals surface area contributed by atoms with Crippen molar-refractivity contribution in [2.24, 2.45) is 5.41 Å². The molecule has 2 aromatic heterocycles. The molecule has 150 valence electrons. The van der Waals surface area contributed by atoms with Gasteiger partial charge in [-0.1, -0.05) is 6.92 Å². The van der Waals surface area contributed by atoms with E-state index in [0.29, 0.717) is 17.6 Å². The Kier molecular flexibility index (Phi) is 5.01. The summed E-state index contributed by atoms with van der Waals surface area (Å²) in [5, 5.41) is 25.2. The molecule has 4 atom stereocenters. The van der Waals surface area contributed by atoms with Gasteiger partial charge in [0.1, 0.15) is 24.1 Å². The van der Waals surface area contributed by atoms with Crippen molar-refractivity contribution in [1.29, 1.82) is 0 Å². The Balaban J connectivity index is 1.88. The fourth-order valence-electron chi connectivity index (χ4n) is 2.99. The molecular weight excluding hydrogens is 366 g/mol. The van der Waals surface area contributed by atoms with E-state index < -0.39 is 42.0 Å². The summed E-state index contributed by atoms with van der Waals surface area (Å²) >= 11 is 0. The molecule has 0 unspecified atom stereocenters. The van der Waals surface area contributed by atoms with E-state index in [1.165, 1.54) is 10.8 Å². The van der Waals surface area contributed by atoms with Crippen molar-refractivity contribution >= 4 is 17.3 Å². The number of hydrogen-bond donors (Lipinski definition) is 3. The number of nitrogen functional groups attached to an aromatic ring is 1. The van der Waals surface area contributed by atoms with E-state index in [0.717, 1.165) is 0 Å². The van der Waals surface area contributed by atoms with Crippen LogP contribution in [0.25, 0.3) is 10.4 Å². The molecule has 0 bridgehead atoms. The quantitative estimate of drug-likeness (QED) is 0.636. The maximum absolute atomic E-state index is 12.3. The summed E-state index contributed by atoms with van der Waals surface area (Å²) in [6, 6.07) is 3.30. The van der Waals surface area contributed by atoms with Crippen LogP contribution in [-0.2, 0) is 14.3 Å². The number of hydrogen-bond acceptors (Lipinski definition) is 8. The van der Waals surface area contributed by atoms with Crippen LogP contribution in [0.15, 0.2) is 18.5 Å². The van der Waals surface area contributed by atoms with Crippen LogP contribution in [0, 0.1) is 12.0 Å². The van der Waals surface area contributed by atoms with Crippen molar-refractivity contribution in [3.8, 4) is 6.57 Å². The van der Waals surface area contributed by atoms with Gasteiger partial charge in [-0.05, 0) is 37.2 Å². The summed E-state index contributed by atoms with van der Waals surface area (Å²) in [5.74, 6) is -0.236. The van der Waals surface area contributed by atoms with Crippen molar-refractivity contribution in [1.82, 2.24) is 14.6 Å². The first-order valence-electron chi connectivity index (χ1n) is 8.88. The zero-order valence-corrected chi connectivity index (χ0v) is 15.9. The zero-order chi connectivity index (χ0) is 20.7.